The van der Waals surface area contributed by atoms with Crippen LogP contribution < -0.4 is 5.46 Å². The first-order chi connectivity index (χ1) is 10.6. The quantitative estimate of drug-likeness (QED) is 0.550. The number of carboxylic acid groups (broad SMARTS) is 1. The molecule has 0 aromatic heterocycles. The van der Waals surface area contributed by atoms with Crippen LogP contribution in [0.4, 0.5) is 0 Å². The lowest BCUT2D eigenvalue weighted by Gasteiger charge is -2.12. The lowest BCUT2D eigenvalue weighted by molar-refractivity contribution is -0.137. The van der Waals surface area contributed by atoms with E-state index < -0.39 is 5.97 Å². The number of rotatable bonds is 9. The van der Waals surface area contributed by atoms with Crippen molar-refractivity contribution >= 4 is 18.6 Å². The molecule has 0 spiro atoms. The van der Waals surface area contributed by atoms with E-state index in [9.17, 15) is 4.79 Å². The van der Waals surface area contributed by atoms with Crippen LogP contribution in [0.2, 0.25) is 0 Å². The summed E-state index contributed by atoms with van der Waals surface area (Å²) in [6.45, 7) is 2.25. The molecule has 2 rings (SSSR count). The Bertz CT molecular complexity index is 507. The summed E-state index contributed by atoms with van der Waals surface area (Å²) < 4.78 is 11.5. The van der Waals surface area contributed by atoms with Crippen molar-refractivity contribution in [3.05, 3.63) is 29.3 Å². The molecule has 1 heterocycles. The van der Waals surface area contributed by atoms with E-state index in [0.717, 1.165) is 30.4 Å². The number of fused-ring (bicyclic) bond motifs is 1. The third-order valence-electron chi connectivity index (χ3n) is 3.73. The summed E-state index contributed by atoms with van der Waals surface area (Å²) >= 11 is 0. The minimum absolute atomic E-state index is 0.206. The van der Waals surface area contributed by atoms with Crippen LogP contribution in [-0.4, -0.2) is 50.3 Å². The highest BCUT2D eigenvalue weighted by Crippen LogP contribution is 2.15. The molecule has 1 N–H and O–H groups in total. The highest BCUT2D eigenvalue weighted by Gasteiger charge is 2.30. The molecule has 1 aliphatic rings. The average molecular weight is 305 g/mol. The maximum Gasteiger partial charge on any atom is 0.494 e. The van der Waals surface area contributed by atoms with Crippen molar-refractivity contribution in [3.63, 3.8) is 0 Å². The topological polar surface area (TPSA) is 59.0 Å². The summed E-state index contributed by atoms with van der Waals surface area (Å²) in [5, 5.41) is 8.70. The Hall–Kier alpha value is -1.37. The molecule has 1 aromatic rings. The molecule has 6 heteroatoms. The summed E-state index contributed by atoms with van der Waals surface area (Å²) in [5.74, 6) is -0.744. The maximum atomic E-state index is 10.6. The standard InChI is InChI=1S/C16H24BNO4/c1-18(2)9-4-10-21-17-15-11-13(5-3-6-16(19)20)7-8-14(15)12-22-17/h7-8,11H,3-6,9-10,12H2,1-2H3,(H,19,20). The van der Waals surface area contributed by atoms with E-state index in [-0.39, 0.29) is 13.5 Å². The summed E-state index contributed by atoms with van der Waals surface area (Å²) in [6.07, 6.45) is 2.61. The van der Waals surface area contributed by atoms with Crippen LogP contribution in [0.3, 0.4) is 0 Å². The van der Waals surface area contributed by atoms with Crippen LogP contribution in [0.1, 0.15) is 30.4 Å². The molecule has 0 aliphatic carbocycles. The van der Waals surface area contributed by atoms with E-state index in [4.69, 9.17) is 14.4 Å². The van der Waals surface area contributed by atoms with Gasteiger partial charge in [0, 0.05) is 13.0 Å². The zero-order chi connectivity index (χ0) is 15.9. The maximum absolute atomic E-state index is 10.6. The zero-order valence-corrected chi connectivity index (χ0v) is 13.4. The van der Waals surface area contributed by atoms with E-state index in [1.807, 2.05) is 14.1 Å². The van der Waals surface area contributed by atoms with Gasteiger partial charge in [-0.25, -0.2) is 0 Å². The molecule has 120 valence electrons. The second-order valence-corrected chi connectivity index (χ2v) is 5.95. The summed E-state index contributed by atoms with van der Waals surface area (Å²) in [7, 11) is 3.81. The van der Waals surface area contributed by atoms with Gasteiger partial charge in [0.1, 0.15) is 0 Å². The minimum atomic E-state index is -0.744. The smallest absolute Gasteiger partial charge is 0.481 e. The summed E-state index contributed by atoms with van der Waals surface area (Å²) in [4.78, 5) is 12.7. The van der Waals surface area contributed by atoms with E-state index in [1.54, 1.807) is 0 Å². The Labute approximate surface area is 132 Å². The van der Waals surface area contributed by atoms with Crippen molar-refractivity contribution in [2.24, 2.45) is 0 Å². The van der Waals surface area contributed by atoms with Crippen molar-refractivity contribution in [2.45, 2.75) is 32.3 Å². The van der Waals surface area contributed by atoms with Crippen LogP contribution >= 0.6 is 0 Å². The van der Waals surface area contributed by atoms with Gasteiger partial charge in [-0.05, 0) is 56.5 Å². The molecule has 0 atom stereocenters. The van der Waals surface area contributed by atoms with Crippen LogP contribution in [0.15, 0.2) is 18.2 Å². The van der Waals surface area contributed by atoms with E-state index in [0.29, 0.717) is 19.6 Å². The summed E-state index contributed by atoms with van der Waals surface area (Å²) in [5.41, 5.74) is 3.41. The number of aryl methyl sites for hydroxylation is 1. The van der Waals surface area contributed by atoms with Crippen molar-refractivity contribution in [2.75, 3.05) is 27.2 Å². The predicted molar refractivity (Wildman–Crippen MR) is 86.3 cm³/mol. The van der Waals surface area contributed by atoms with Gasteiger partial charge in [0.05, 0.1) is 6.61 Å². The number of benzene rings is 1. The lowest BCUT2D eigenvalue weighted by atomic mass is 9.77. The average Bonchev–Trinajstić information content (AvgIpc) is 2.85. The van der Waals surface area contributed by atoms with Gasteiger partial charge in [0.2, 0.25) is 0 Å². The largest absolute Gasteiger partial charge is 0.494 e. The SMILES string of the molecule is CN(C)CCCOB1OCc2ccc(CCCC(=O)O)cc21. The first-order valence-corrected chi connectivity index (χ1v) is 7.77. The highest BCUT2D eigenvalue weighted by molar-refractivity contribution is 6.62. The van der Waals surface area contributed by atoms with Gasteiger partial charge < -0.3 is 19.3 Å². The van der Waals surface area contributed by atoms with Crippen molar-refractivity contribution in [3.8, 4) is 0 Å². The molecule has 0 amide bonds. The van der Waals surface area contributed by atoms with E-state index in [1.165, 1.54) is 5.56 Å². The van der Waals surface area contributed by atoms with Crippen LogP contribution in [0.5, 0.6) is 0 Å². The number of carbonyl (C=O) groups is 1. The Morgan fingerprint density at radius 1 is 1.41 bits per heavy atom. The normalized spacial score (nSPS) is 13.7. The second-order valence-electron chi connectivity index (χ2n) is 5.95. The van der Waals surface area contributed by atoms with Crippen molar-refractivity contribution in [1.29, 1.82) is 0 Å². The molecule has 0 saturated carbocycles. The van der Waals surface area contributed by atoms with Crippen LogP contribution in [-0.2, 0) is 27.1 Å². The molecule has 0 radical (unpaired) electrons. The van der Waals surface area contributed by atoms with E-state index >= 15 is 0 Å². The number of nitrogens with zero attached hydrogens (tertiary/aromatic N) is 1. The fourth-order valence-electron chi connectivity index (χ4n) is 2.56. The van der Waals surface area contributed by atoms with Crippen molar-refractivity contribution < 1.29 is 19.2 Å². The summed E-state index contributed by atoms with van der Waals surface area (Å²) in [6, 6.07) is 6.22. The van der Waals surface area contributed by atoms with Gasteiger partial charge in [-0.1, -0.05) is 18.2 Å². The number of carboxylic acids is 1. The first kappa shape index (κ1) is 17.0. The fourth-order valence-corrected chi connectivity index (χ4v) is 2.56. The molecule has 1 aromatic carbocycles. The molecular weight excluding hydrogens is 281 g/mol. The zero-order valence-electron chi connectivity index (χ0n) is 13.4. The van der Waals surface area contributed by atoms with Crippen molar-refractivity contribution in [1.82, 2.24) is 4.90 Å². The van der Waals surface area contributed by atoms with Gasteiger partial charge in [-0.3, -0.25) is 4.79 Å². The molecule has 22 heavy (non-hydrogen) atoms. The van der Waals surface area contributed by atoms with Gasteiger partial charge >= 0.3 is 13.1 Å². The molecule has 5 nitrogen and oxygen atoms in total. The van der Waals surface area contributed by atoms with Gasteiger partial charge in [0.25, 0.3) is 0 Å². The Kier molecular flexibility index (Phi) is 6.42. The first-order valence-electron chi connectivity index (χ1n) is 7.77. The second kappa shape index (κ2) is 8.32. The molecule has 0 bridgehead atoms. The number of aliphatic carboxylic acids is 1. The number of hydrogen-bond acceptors (Lipinski definition) is 4. The monoisotopic (exact) mass is 305 g/mol. The Balaban J connectivity index is 1.87. The Morgan fingerprint density at radius 3 is 2.95 bits per heavy atom. The third-order valence-corrected chi connectivity index (χ3v) is 3.73. The van der Waals surface area contributed by atoms with Gasteiger partial charge in [-0.2, -0.15) is 0 Å². The third kappa shape index (κ3) is 5.12. The van der Waals surface area contributed by atoms with Crippen LogP contribution in [0, 0.1) is 0 Å². The Morgan fingerprint density at radius 2 is 2.23 bits per heavy atom. The van der Waals surface area contributed by atoms with E-state index in [2.05, 4.69) is 23.1 Å². The lowest BCUT2D eigenvalue weighted by Crippen LogP contribution is -2.33. The highest BCUT2D eigenvalue weighted by atomic mass is 16.6. The molecule has 1 aliphatic heterocycles. The number of hydrogen-bond donors (Lipinski definition) is 1. The molecular formula is C16H24BNO4. The molecule has 0 saturated heterocycles. The minimum Gasteiger partial charge on any atom is -0.481 e. The fraction of sp³-hybridized carbons (Fsp3) is 0.562. The molecule has 0 fully saturated rings. The molecule has 0 unspecified atom stereocenters. The van der Waals surface area contributed by atoms with Gasteiger partial charge in [-0.15, -0.1) is 0 Å². The van der Waals surface area contributed by atoms with Gasteiger partial charge in [0.15, 0.2) is 0 Å². The van der Waals surface area contributed by atoms with Crippen LogP contribution in [0.25, 0.3) is 0 Å². The predicted octanol–water partition coefficient (Wildman–Crippen LogP) is 1.29.